The van der Waals surface area contributed by atoms with Gasteiger partial charge in [-0.1, -0.05) is 64.7 Å². The van der Waals surface area contributed by atoms with Gasteiger partial charge in [0.1, 0.15) is 0 Å². The van der Waals surface area contributed by atoms with Crippen molar-refractivity contribution in [3.8, 4) is 0 Å². The molecule has 19 heavy (non-hydrogen) atoms. The normalized spacial score (nSPS) is 28.3. The number of rotatable bonds is 3. The quantitative estimate of drug-likeness (QED) is 0.639. The van der Waals surface area contributed by atoms with Crippen molar-refractivity contribution in [1.82, 2.24) is 0 Å². The maximum absolute atomic E-state index is 8.77. The fourth-order valence-corrected chi connectivity index (χ4v) is 3.96. The van der Waals surface area contributed by atoms with Gasteiger partial charge in [-0.2, -0.15) is 0 Å². The average molecular weight is 289 g/mol. The van der Waals surface area contributed by atoms with E-state index >= 15 is 0 Å². The van der Waals surface area contributed by atoms with Gasteiger partial charge in [0, 0.05) is 11.6 Å². The zero-order valence-electron chi connectivity index (χ0n) is 12.2. The minimum atomic E-state index is -1.36. The zero-order chi connectivity index (χ0) is 14.1. The van der Waals surface area contributed by atoms with Crippen molar-refractivity contribution in [3.63, 3.8) is 0 Å². The van der Waals surface area contributed by atoms with Crippen LogP contribution in [0.3, 0.4) is 0 Å². The summed E-state index contributed by atoms with van der Waals surface area (Å²) in [6.45, 7) is 2.34. The zero-order valence-corrected chi connectivity index (χ0v) is 13.0. The summed E-state index contributed by atoms with van der Waals surface area (Å²) in [7, 11) is 0. The second-order valence-corrected chi connectivity index (χ2v) is 6.54. The van der Waals surface area contributed by atoms with Crippen LogP contribution in [0.5, 0.6) is 0 Å². The van der Waals surface area contributed by atoms with Gasteiger partial charge >= 0.3 is 5.43 Å². The third-order valence-corrected chi connectivity index (χ3v) is 4.90. The Labute approximate surface area is 122 Å². The number of carboxylic acid groups (broad SMARTS) is 1. The van der Waals surface area contributed by atoms with Crippen LogP contribution in [0.4, 0.5) is 4.79 Å². The van der Waals surface area contributed by atoms with Crippen LogP contribution in [-0.4, -0.2) is 10.5 Å². The molecule has 1 N–H and O–H groups in total. The minimum absolute atomic E-state index is 1.09. The fraction of sp³-hybridized carbons (Fsp3) is 0.938. The van der Waals surface area contributed by atoms with Crippen LogP contribution in [0, 0.1) is 17.8 Å². The lowest BCUT2D eigenvalue weighted by Crippen LogP contribution is -2.23. The molecular weight excluding hydrogens is 260 g/mol. The molecule has 2 rings (SSSR count). The van der Waals surface area contributed by atoms with Gasteiger partial charge < -0.3 is 5.11 Å². The standard InChI is InChI=1S/C15H28.CHClO2/c1-2-6-13-9-11-15(12-10-13)14-7-4-3-5-8-14;2-1(3)4/h13-15H,2-12H2,1H3;(H,3,4)/t13-,15-;. The maximum atomic E-state index is 8.77. The molecule has 112 valence electrons. The highest BCUT2D eigenvalue weighted by Gasteiger charge is 2.27. The Morgan fingerprint density at radius 1 is 1.00 bits per heavy atom. The predicted molar refractivity (Wildman–Crippen MR) is 80.8 cm³/mol. The number of hydrogen-bond donors (Lipinski definition) is 1. The molecule has 2 nitrogen and oxygen atoms in total. The molecule has 0 bridgehead atoms. The lowest BCUT2D eigenvalue weighted by molar-refractivity contribution is 0.163. The molecule has 0 saturated heterocycles. The van der Waals surface area contributed by atoms with Crippen molar-refractivity contribution in [2.24, 2.45) is 17.8 Å². The number of halogens is 1. The van der Waals surface area contributed by atoms with E-state index < -0.39 is 5.43 Å². The Kier molecular flexibility index (Phi) is 8.52. The Balaban J connectivity index is 0.000000399. The van der Waals surface area contributed by atoms with E-state index in [0.29, 0.717) is 0 Å². The molecule has 3 heteroatoms. The molecule has 0 unspecified atom stereocenters. The van der Waals surface area contributed by atoms with Crippen molar-refractivity contribution in [1.29, 1.82) is 0 Å². The Morgan fingerprint density at radius 2 is 1.47 bits per heavy atom. The van der Waals surface area contributed by atoms with Gasteiger partial charge in [-0.15, -0.1) is 0 Å². The molecule has 2 fully saturated rings. The average Bonchev–Trinajstić information content (AvgIpc) is 2.40. The lowest BCUT2D eigenvalue weighted by Gasteiger charge is -2.35. The fourth-order valence-electron chi connectivity index (χ4n) is 3.96. The van der Waals surface area contributed by atoms with Crippen molar-refractivity contribution in [2.75, 3.05) is 0 Å². The summed E-state index contributed by atoms with van der Waals surface area (Å²) in [6.07, 6.45) is 16.8. The Morgan fingerprint density at radius 3 is 1.95 bits per heavy atom. The van der Waals surface area contributed by atoms with Crippen LogP contribution in [0.2, 0.25) is 0 Å². The van der Waals surface area contributed by atoms with E-state index in [4.69, 9.17) is 9.90 Å². The maximum Gasteiger partial charge on any atom is 0.401 e. The summed E-state index contributed by atoms with van der Waals surface area (Å²) in [5, 5.41) is 7.18. The highest BCUT2D eigenvalue weighted by atomic mass is 35.5. The van der Waals surface area contributed by atoms with Crippen LogP contribution >= 0.6 is 11.6 Å². The first-order valence-corrected chi connectivity index (χ1v) is 8.39. The second-order valence-electron chi connectivity index (χ2n) is 6.22. The summed E-state index contributed by atoms with van der Waals surface area (Å²) in [5.41, 5.74) is -1.36. The molecule has 2 aliphatic carbocycles. The van der Waals surface area contributed by atoms with E-state index in [1.54, 1.807) is 38.5 Å². The highest BCUT2D eigenvalue weighted by Crippen LogP contribution is 2.40. The third-order valence-electron chi connectivity index (χ3n) is 4.90. The summed E-state index contributed by atoms with van der Waals surface area (Å²) in [5.74, 6) is 3.34. The lowest BCUT2D eigenvalue weighted by atomic mass is 9.70. The van der Waals surface area contributed by atoms with E-state index in [-0.39, 0.29) is 0 Å². The van der Waals surface area contributed by atoms with Gasteiger partial charge in [0.2, 0.25) is 0 Å². The monoisotopic (exact) mass is 288 g/mol. The first-order chi connectivity index (χ1) is 9.13. The van der Waals surface area contributed by atoms with Crippen LogP contribution in [0.1, 0.15) is 77.6 Å². The molecule has 0 radical (unpaired) electrons. The van der Waals surface area contributed by atoms with Gasteiger partial charge in [-0.3, -0.25) is 0 Å². The van der Waals surface area contributed by atoms with Gasteiger partial charge in [0.25, 0.3) is 0 Å². The van der Waals surface area contributed by atoms with Crippen LogP contribution in [0.15, 0.2) is 0 Å². The van der Waals surface area contributed by atoms with Crippen LogP contribution in [0.25, 0.3) is 0 Å². The second kappa shape index (κ2) is 9.63. The topological polar surface area (TPSA) is 37.3 Å². The molecule has 0 aliphatic heterocycles. The van der Waals surface area contributed by atoms with Crippen LogP contribution in [-0.2, 0) is 0 Å². The van der Waals surface area contributed by atoms with Gasteiger partial charge in [-0.25, -0.2) is 4.79 Å². The van der Waals surface area contributed by atoms with Gasteiger partial charge in [-0.05, 0) is 30.6 Å². The smallest absolute Gasteiger partial charge is 0.401 e. The van der Waals surface area contributed by atoms with Crippen molar-refractivity contribution >= 4 is 17.0 Å². The number of carbonyl (C=O) groups is 1. The Hall–Kier alpha value is -0.240. The molecule has 0 aromatic heterocycles. The molecule has 0 atom stereocenters. The molecule has 2 saturated carbocycles. The summed E-state index contributed by atoms with van der Waals surface area (Å²) >= 11 is 4.19. The predicted octanol–water partition coefficient (Wildman–Crippen LogP) is 6.08. The van der Waals surface area contributed by atoms with Gasteiger partial charge in [0.15, 0.2) is 0 Å². The molecular formula is C16H29ClO2. The third kappa shape index (κ3) is 7.20. The van der Waals surface area contributed by atoms with E-state index in [2.05, 4.69) is 18.5 Å². The Bertz CT molecular complexity index is 237. The molecule has 0 aromatic rings. The van der Waals surface area contributed by atoms with Crippen molar-refractivity contribution in [3.05, 3.63) is 0 Å². The summed E-state index contributed by atoms with van der Waals surface area (Å²) in [4.78, 5) is 8.77. The van der Waals surface area contributed by atoms with E-state index in [0.717, 1.165) is 17.8 Å². The summed E-state index contributed by atoms with van der Waals surface area (Å²) < 4.78 is 0. The van der Waals surface area contributed by atoms with Crippen LogP contribution < -0.4 is 0 Å². The van der Waals surface area contributed by atoms with E-state index in [1.165, 1.54) is 32.1 Å². The van der Waals surface area contributed by atoms with E-state index in [9.17, 15) is 0 Å². The summed E-state index contributed by atoms with van der Waals surface area (Å²) in [6, 6.07) is 0. The minimum Gasteiger partial charge on any atom is -0.469 e. The molecule has 0 heterocycles. The first kappa shape index (κ1) is 16.8. The van der Waals surface area contributed by atoms with Gasteiger partial charge in [0.05, 0.1) is 0 Å². The molecule has 0 spiro atoms. The highest BCUT2D eigenvalue weighted by molar-refractivity contribution is 6.60. The van der Waals surface area contributed by atoms with Crippen molar-refractivity contribution in [2.45, 2.75) is 77.6 Å². The largest absolute Gasteiger partial charge is 0.469 e. The number of hydrogen-bond acceptors (Lipinski definition) is 1. The molecule has 0 amide bonds. The molecule has 0 aromatic carbocycles. The molecule has 2 aliphatic rings. The van der Waals surface area contributed by atoms with Crippen molar-refractivity contribution < 1.29 is 9.90 Å². The van der Waals surface area contributed by atoms with E-state index in [1.807, 2.05) is 0 Å². The SMILES string of the molecule is CCC[C@H]1CC[C@H](C2CCCCC2)CC1.O=C(O)Cl. The first-order valence-electron chi connectivity index (χ1n) is 8.01.